The molecule has 0 aliphatic carbocycles. The molecular weight excluding hydrogens is 552 g/mol. The average molecular weight is 591 g/mol. The van der Waals surface area contributed by atoms with Crippen molar-refractivity contribution in [2.75, 3.05) is 13.2 Å². The summed E-state index contributed by atoms with van der Waals surface area (Å²) in [5.41, 5.74) is 4.92. The Morgan fingerprint density at radius 1 is 0.545 bits per heavy atom. The lowest BCUT2D eigenvalue weighted by molar-refractivity contribution is 0.0481. The fourth-order valence-electron chi connectivity index (χ4n) is 6.08. The third-order valence-corrected chi connectivity index (χ3v) is 8.52. The minimum absolute atomic E-state index is 0.349. The van der Waals surface area contributed by atoms with Crippen molar-refractivity contribution < 1.29 is 19.1 Å². The van der Waals surface area contributed by atoms with Gasteiger partial charge >= 0.3 is 11.9 Å². The van der Waals surface area contributed by atoms with Crippen molar-refractivity contribution in [3.63, 3.8) is 0 Å². The Hall–Kier alpha value is -4.72. The van der Waals surface area contributed by atoms with E-state index in [1.54, 1.807) is 12.4 Å². The largest absolute Gasteiger partial charge is 0.461 e. The third-order valence-electron chi connectivity index (χ3n) is 8.52. The first kappa shape index (κ1) is 29.4. The van der Waals surface area contributed by atoms with E-state index in [9.17, 15) is 9.59 Å². The van der Waals surface area contributed by atoms with Crippen LogP contribution in [0.5, 0.6) is 0 Å². The van der Waals surface area contributed by atoms with Crippen molar-refractivity contribution in [2.24, 2.45) is 14.1 Å². The molecule has 4 aromatic heterocycles. The van der Waals surface area contributed by atoms with E-state index in [0.29, 0.717) is 24.6 Å². The molecule has 44 heavy (non-hydrogen) atoms. The van der Waals surface area contributed by atoms with Crippen LogP contribution in [-0.4, -0.2) is 44.3 Å². The van der Waals surface area contributed by atoms with Gasteiger partial charge in [0.1, 0.15) is 11.4 Å². The molecule has 0 atom stereocenters. The van der Waals surface area contributed by atoms with Gasteiger partial charge in [-0.1, -0.05) is 74.9 Å². The molecule has 6 rings (SSSR count). The molecule has 0 saturated heterocycles. The average Bonchev–Trinajstić information content (AvgIpc) is 3.51. The van der Waals surface area contributed by atoms with Crippen LogP contribution in [0.25, 0.3) is 43.6 Å². The number of hydrogen-bond donors (Lipinski definition) is 0. The Kier molecular flexibility index (Phi) is 8.86. The number of esters is 2. The van der Waals surface area contributed by atoms with Crippen LogP contribution in [0.2, 0.25) is 0 Å². The zero-order chi connectivity index (χ0) is 30.5. The van der Waals surface area contributed by atoms with Gasteiger partial charge in [-0.05, 0) is 37.1 Å². The summed E-state index contributed by atoms with van der Waals surface area (Å²) < 4.78 is 15.2. The van der Waals surface area contributed by atoms with Crippen LogP contribution >= 0.6 is 0 Å². The lowest BCUT2D eigenvalue weighted by Gasteiger charge is -2.06. The number of fused-ring (bicyclic) bond motifs is 6. The van der Waals surface area contributed by atoms with Gasteiger partial charge in [-0.25, -0.2) is 19.6 Å². The maximum absolute atomic E-state index is 12.6. The summed E-state index contributed by atoms with van der Waals surface area (Å²) >= 11 is 0. The van der Waals surface area contributed by atoms with Gasteiger partial charge in [-0.15, -0.1) is 0 Å². The Bertz CT molecular complexity index is 1810. The molecule has 6 aromatic rings. The molecule has 0 radical (unpaired) electrons. The molecule has 0 saturated carbocycles. The number of rotatable bonds is 13. The summed E-state index contributed by atoms with van der Waals surface area (Å²) in [6.07, 6.45) is 11.7. The number of nitrogens with zero attached hydrogens (tertiary/aromatic N) is 4. The van der Waals surface area contributed by atoms with Crippen LogP contribution in [-0.2, 0) is 23.6 Å². The summed E-state index contributed by atoms with van der Waals surface area (Å²) in [6, 6.07) is 20.0. The minimum atomic E-state index is -0.370. The molecule has 4 heterocycles. The van der Waals surface area contributed by atoms with E-state index in [1.165, 1.54) is 0 Å². The summed E-state index contributed by atoms with van der Waals surface area (Å²) in [6.45, 7) is 0.809. The first-order valence-electron chi connectivity index (χ1n) is 15.5. The maximum Gasteiger partial charge on any atom is 0.356 e. The molecule has 0 fully saturated rings. The molecule has 8 heteroatoms. The van der Waals surface area contributed by atoms with E-state index in [4.69, 9.17) is 9.47 Å². The molecule has 2 aromatic carbocycles. The Balaban J connectivity index is 0.836. The van der Waals surface area contributed by atoms with Gasteiger partial charge in [-0.3, -0.25) is 0 Å². The topological polar surface area (TPSA) is 88.2 Å². The van der Waals surface area contributed by atoms with Gasteiger partial charge < -0.3 is 18.6 Å². The Morgan fingerprint density at radius 3 is 1.36 bits per heavy atom. The first-order chi connectivity index (χ1) is 21.5. The van der Waals surface area contributed by atoms with Gasteiger partial charge in [0.25, 0.3) is 0 Å². The highest BCUT2D eigenvalue weighted by molar-refractivity contribution is 6.10. The van der Waals surface area contributed by atoms with Crippen molar-refractivity contribution in [1.82, 2.24) is 19.1 Å². The number of pyridine rings is 2. The van der Waals surface area contributed by atoms with Crippen LogP contribution in [0.3, 0.4) is 0 Å². The predicted molar refractivity (Wildman–Crippen MR) is 174 cm³/mol. The second-order valence-corrected chi connectivity index (χ2v) is 11.4. The molecule has 0 unspecified atom stereocenters. The molecule has 226 valence electrons. The number of aryl methyl sites for hydroxylation is 2. The van der Waals surface area contributed by atoms with Gasteiger partial charge in [0.2, 0.25) is 0 Å². The van der Waals surface area contributed by atoms with Crippen LogP contribution in [0.4, 0.5) is 0 Å². The fourth-order valence-corrected chi connectivity index (χ4v) is 6.08. The highest BCUT2D eigenvalue weighted by Gasteiger charge is 2.15. The van der Waals surface area contributed by atoms with E-state index in [0.717, 1.165) is 95.0 Å². The number of benzene rings is 2. The first-order valence-corrected chi connectivity index (χ1v) is 15.5. The van der Waals surface area contributed by atoms with Crippen molar-refractivity contribution in [1.29, 1.82) is 0 Å². The van der Waals surface area contributed by atoms with Gasteiger partial charge in [0.15, 0.2) is 0 Å². The SMILES string of the molecule is Cn1c2ccccc2c2cc(C(=O)OCCCCCCCCCCOC(=O)c3cc4c5ccccc5n(C)c4cn3)ncc21. The Morgan fingerprint density at radius 2 is 0.932 bits per heavy atom. The third kappa shape index (κ3) is 6.02. The molecular formula is C36H38N4O4. The highest BCUT2D eigenvalue weighted by Crippen LogP contribution is 2.29. The number of unbranched alkanes of at least 4 members (excludes halogenated alkanes) is 7. The van der Waals surface area contributed by atoms with Crippen LogP contribution in [0.1, 0.15) is 72.3 Å². The standard InChI is InChI=1S/C36H38N4O4/c1-39-31-17-11-9-15-25(31)27-21-29(37-23-33(27)39)35(41)43-19-13-7-5-3-4-6-8-14-20-44-36(42)30-22-28-26-16-10-12-18-32(26)40(2)34(28)24-38-30/h9-12,15-18,21-24H,3-8,13-14,19-20H2,1-2H3. The second-order valence-electron chi connectivity index (χ2n) is 11.4. The normalized spacial score (nSPS) is 11.6. The quantitative estimate of drug-likeness (QED) is 0.100. The number of aromatic nitrogens is 4. The molecule has 8 nitrogen and oxygen atoms in total. The van der Waals surface area contributed by atoms with E-state index in [2.05, 4.69) is 43.4 Å². The van der Waals surface area contributed by atoms with Crippen LogP contribution in [0.15, 0.2) is 73.1 Å². The lowest BCUT2D eigenvalue weighted by atomic mass is 10.1. The smallest absolute Gasteiger partial charge is 0.356 e. The molecule has 0 spiro atoms. The van der Waals surface area contributed by atoms with Gasteiger partial charge in [-0.2, -0.15) is 0 Å². The monoisotopic (exact) mass is 590 g/mol. The predicted octanol–water partition coefficient (Wildman–Crippen LogP) is 7.90. The second kappa shape index (κ2) is 13.3. The number of hydrogen-bond acceptors (Lipinski definition) is 6. The van der Waals surface area contributed by atoms with Crippen molar-refractivity contribution in [3.8, 4) is 0 Å². The number of para-hydroxylation sites is 2. The molecule has 0 bridgehead atoms. The summed E-state index contributed by atoms with van der Waals surface area (Å²) in [5, 5.41) is 4.24. The van der Waals surface area contributed by atoms with Crippen molar-refractivity contribution in [2.45, 2.75) is 51.4 Å². The van der Waals surface area contributed by atoms with Gasteiger partial charge in [0.05, 0.1) is 36.6 Å². The summed E-state index contributed by atoms with van der Waals surface area (Å²) in [4.78, 5) is 33.9. The highest BCUT2D eigenvalue weighted by atomic mass is 16.5. The summed E-state index contributed by atoms with van der Waals surface area (Å²) in [7, 11) is 4.02. The molecule has 0 aliphatic heterocycles. The summed E-state index contributed by atoms with van der Waals surface area (Å²) in [5.74, 6) is -0.740. The zero-order valence-corrected chi connectivity index (χ0v) is 25.4. The van der Waals surface area contributed by atoms with Crippen molar-refractivity contribution >= 4 is 55.6 Å². The Labute approximate surface area is 256 Å². The maximum atomic E-state index is 12.6. The van der Waals surface area contributed by atoms with E-state index >= 15 is 0 Å². The minimum Gasteiger partial charge on any atom is -0.461 e. The molecule has 0 N–H and O–H groups in total. The van der Waals surface area contributed by atoms with Crippen molar-refractivity contribution in [3.05, 3.63) is 84.4 Å². The van der Waals surface area contributed by atoms with Crippen LogP contribution < -0.4 is 0 Å². The number of ether oxygens (including phenoxy) is 2. The zero-order valence-electron chi connectivity index (χ0n) is 25.4. The number of carbonyl (C=O) groups excluding carboxylic acids is 2. The van der Waals surface area contributed by atoms with Crippen LogP contribution in [0, 0.1) is 0 Å². The van der Waals surface area contributed by atoms with Gasteiger partial charge in [0, 0.05) is 46.7 Å². The van der Waals surface area contributed by atoms with E-state index in [-0.39, 0.29) is 11.9 Å². The fraction of sp³-hybridized carbons (Fsp3) is 0.333. The van der Waals surface area contributed by atoms with E-state index in [1.807, 2.05) is 50.5 Å². The lowest BCUT2D eigenvalue weighted by Crippen LogP contribution is -2.08. The molecule has 0 aliphatic rings. The molecule has 0 amide bonds. The van der Waals surface area contributed by atoms with E-state index < -0.39 is 0 Å². The number of carbonyl (C=O) groups is 2.